The number of ether oxygens (including phenoxy) is 1. The Morgan fingerprint density at radius 2 is 1.84 bits per heavy atom. The molecule has 1 heterocycles. The van der Waals surface area contributed by atoms with Crippen LogP contribution in [0.5, 0.6) is 0 Å². The maximum Gasteiger partial charge on any atom is 0.340 e. The molecular weight excluding hydrogens is 334 g/mol. The van der Waals surface area contributed by atoms with Crippen molar-refractivity contribution >= 4 is 28.9 Å². The first-order chi connectivity index (χ1) is 12.0. The van der Waals surface area contributed by atoms with E-state index in [4.69, 9.17) is 4.74 Å². The molecule has 0 spiro atoms. The number of fused-ring (bicyclic) bond motifs is 1. The molecular formula is C20H23NO3S. The van der Waals surface area contributed by atoms with E-state index in [1.54, 1.807) is 18.3 Å². The van der Waals surface area contributed by atoms with Crippen molar-refractivity contribution in [3.05, 3.63) is 50.7 Å². The normalized spacial score (nSPS) is 14.5. The van der Waals surface area contributed by atoms with Gasteiger partial charge in [0.2, 0.25) is 0 Å². The Morgan fingerprint density at radius 3 is 2.56 bits per heavy atom. The van der Waals surface area contributed by atoms with Gasteiger partial charge in [-0.2, -0.15) is 0 Å². The minimum absolute atomic E-state index is 0.310. The molecule has 1 aromatic carbocycles. The van der Waals surface area contributed by atoms with Crippen LogP contribution in [0.4, 0.5) is 5.69 Å². The number of benzene rings is 1. The lowest BCUT2D eigenvalue weighted by Crippen LogP contribution is -2.30. The molecule has 0 aliphatic heterocycles. The molecule has 1 aromatic heterocycles. The Hall–Kier alpha value is -2.14. The number of anilines is 1. The first-order valence-electron chi connectivity index (χ1n) is 8.64. The summed E-state index contributed by atoms with van der Waals surface area (Å²) in [5.74, 6) is -0.710. The number of rotatable bonds is 4. The number of nitrogens with one attached hydrogen (secondary N) is 1. The molecule has 2 aromatic rings. The number of carbonyl (C=O) groups is 2. The highest BCUT2D eigenvalue weighted by Crippen LogP contribution is 2.30. The van der Waals surface area contributed by atoms with Crippen molar-refractivity contribution in [2.24, 2.45) is 0 Å². The van der Waals surface area contributed by atoms with Gasteiger partial charge in [-0.25, -0.2) is 4.79 Å². The molecule has 25 heavy (non-hydrogen) atoms. The van der Waals surface area contributed by atoms with Gasteiger partial charge in [-0.3, -0.25) is 4.79 Å². The Balaban J connectivity index is 1.67. The van der Waals surface area contributed by atoms with Gasteiger partial charge >= 0.3 is 5.97 Å². The van der Waals surface area contributed by atoms with Gasteiger partial charge in [-0.1, -0.05) is 18.2 Å². The molecule has 0 radical (unpaired) electrons. The van der Waals surface area contributed by atoms with Crippen molar-refractivity contribution in [3.8, 4) is 0 Å². The summed E-state index contributed by atoms with van der Waals surface area (Å²) in [6, 6.07) is 5.83. The highest BCUT2D eigenvalue weighted by atomic mass is 32.1. The Morgan fingerprint density at radius 1 is 1.16 bits per heavy atom. The highest BCUT2D eigenvalue weighted by Gasteiger charge is 2.25. The van der Waals surface area contributed by atoms with Crippen molar-refractivity contribution < 1.29 is 14.3 Å². The molecule has 5 heteroatoms. The van der Waals surface area contributed by atoms with Crippen LogP contribution in [0.1, 0.15) is 51.7 Å². The molecule has 1 aliphatic rings. The fraction of sp³-hybridized carbons (Fsp3) is 0.400. The van der Waals surface area contributed by atoms with E-state index in [2.05, 4.69) is 5.32 Å². The fourth-order valence-corrected chi connectivity index (χ4v) is 4.29. The van der Waals surface area contributed by atoms with E-state index < -0.39 is 12.1 Å². The van der Waals surface area contributed by atoms with E-state index in [-0.39, 0.29) is 5.91 Å². The van der Waals surface area contributed by atoms with Gasteiger partial charge in [0, 0.05) is 15.9 Å². The van der Waals surface area contributed by atoms with Crippen molar-refractivity contribution in [1.82, 2.24) is 0 Å². The van der Waals surface area contributed by atoms with Gasteiger partial charge in [0.15, 0.2) is 6.10 Å². The zero-order valence-corrected chi connectivity index (χ0v) is 15.7. The van der Waals surface area contributed by atoms with Crippen LogP contribution in [0.15, 0.2) is 23.6 Å². The summed E-state index contributed by atoms with van der Waals surface area (Å²) < 4.78 is 5.43. The summed E-state index contributed by atoms with van der Waals surface area (Å²) in [5, 5.41) is 4.75. The zero-order valence-electron chi connectivity index (χ0n) is 14.8. The highest BCUT2D eigenvalue weighted by molar-refractivity contribution is 7.10. The van der Waals surface area contributed by atoms with E-state index >= 15 is 0 Å². The van der Waals surface area contributed by atoms with Crippen LogP contribution in [-0.2, 0) is 22.4 Å². The van der Waals surface area contributed by atoms with Crippen molar-refractivity contribution in [2.45, 2.75) is 52.6 Å². The molecule has 0 saturated heterocycles. The largest absolute Gasteiger partial charge is 0.449 e. The van der Waals surface area contributed by atoms with Crippen LogP contribution >= 0.6 is 11.3 Å². The molecule has 3 rings (SSSR count). The summed E-state index contributed by atoms with van der Waals surface area (Å²) in [4.78, 5) is 26.2. The van der Waals surface area contributed by atoms with Gasteiger partial charge in [0.05, 0.1) is 5.56 Å². The summed E-state index contributed by atoms with van der Waals surface area (Å²) in [7, 11) is 0. The number of thiophene rings is 1. The number of hydrogen-bond acceptors (Lipinski definition) is 4. The van der Waals surface area contributed by atoms with Gasteiger partial charge in [0.1, 0.15) is 0 Å². The maximum atomic E-state index is 12.5. The topological polar surface area (TPSA) is 55.4 Å². The van der Waals surface area contributed by atoms with Gasteiger partial charge in [-0.05, 0) is 63.1 Å². The third kappa shape index (κ3) is 3.76. The number of aryl methyl sites for hydroxylation is 3. The van der Waals surface area contributed by atoms with E-state index in [1.807, 2.05) is 37.4 Å². The molecule has 0 fully saturated rings. The molecule has 4 nitrogen and oxygen atoms in total. The van der Waals surface area contributed by atoms with Gasteiger partial charge < -0.3 is 10.1 Å². The van der Waals surface area contributed by atoms with E-state index in [0.29, 0.717) is 5.56 Å². The van der Waals surface area contributed by atoms with Crippen LogP contribution in [0.3, 0.4) is 0 Å². The predicted molar refractivity (Wildman–Crippen MR) is 100 cm³/mol. The average molecular weight is 357 g/mol. The molecule has 1 amide bonds. The van der Waals surface area contributed by atoms with Crippen LogP contribution in [0, 0.1) is 13.8 Å². The number of esters is 1. The zero-order chi connectivity index (χ0) is 18.0. The average Bonchev–Trinajstić information content (AvgIpc) is 3.02. The summed E-state index contributed by atoms with van der Waals surface area (Å²) >= 11 is 1.62. The van der Waals surface area contributed by atoms with Crippen LogP contribution in [-0.4, -0.2) is 18.0 Å². The monoisotopic (exact) mass is 357 g/mol. The van der Waals surface area contributed by atoms with Crippen LogP contribution < -0.4 is 5.32 Å². The van der Waals surface area contributed by atoms with Gasteiger partial charge in [-0.15, -0.1) is 11.3 Å². The molecule has 0 saturated carbocycles. The van der Waals surface area contributed by atoms with Crippen molar-refractivity contribution in [3.63, 3.8) is 0 Å². The molecule has 132 valence electrons. The van der Waals surface area contributed by atoms with Crippen LogP contribution in [0.2, 0.25) is 0 Å². The molecule has 1 atom stereocenters. The second-order valence-electron chi connectivity index (χ2n) is 6.56. The molecule has 1 aliphatic carbocycles. The minimum atomic E-state index is -0.842. The number of para-hydroxylation sites is 1. The Labute approximate surface area is 152 Å². The quantitative estimate of drug-likeness (QED) is 0.824. The first-order valence-corrected chi connectivity index (χ1v) is 9.52. The second kappa shape index (κ2) is 7.40. The third-order valence-corrected chi connectivity index (χ3v) is 5.75. The van der Waals surface area contributed by atoms with E-state index in [0.717, 1.165) is 41.6 Å². The lowest BCUT2D eigenvalue weighted by atomic mass is 9.96. The minimum Gasteiger partial charge on any atom is -0.449 e. The lowest BCUT2D eigenvalue weighted by molar-refractivity contribution is -0.123. The Kier molecular flexibility index (Phi) is 5.23. The smallest absolute Gasteiger partial charge is 0.340 e. The summed E-state index contributed by atoms with van der Waals surface area (Å²) in [6.07, 6.45) is 3.40. The lowest BCUT2D eigenvalue weighted by Gasteiger charge is -2.17. The van der Waals surface area contributed by atoms with Crippen molar-refractivity contribution in [1.29, 1.82) is 0 Å². The molecule has 1 unspecified atom stereocenters. The van der Waals surface area contributed by atoms with E-state index in [9.17, 15) is 9.59 Å². The van der Waals surface area contributed by atoms with E-state index in [1.165, 1.54) is 11.3 Å². The third-order valence-electron chi connectivity index (χ3n) is 4.66. The number of hydrogen-bond donors (Lipinski definition) is 1. The maximum absolute atomic E-state index is 12.5. The number of carbonyl (C=O) groups excluding carboxylic acids is 2. The standard InChI is InChI=1S/C20H23NO3S/c1-12-7-6-8-13(2)18(12)21-19(22)14(3)24-20(23)16-11-25-17-10-5-4-9-15(16)17/h6-8,11,14H,4-5,9-10H2,1-3H3,(H,21,22). The fourth-order valence-electron chi connectivity index (χ4n) is 3.18. The molecule has 1 N–H and O–H groups in total. The SMILES string of the molecule is Cc1cccc(C)c1NC(=O)C(C)OC(=O)c1csc2c1CCCC2. The Bertz CT molecular complexity index is 789. The second-order valence-corrected chi connectivity index (χ2v) is 7.53. The summed E-state index contributed by atoms with van der Waals surface area (Å²) in [5.41, 5.74) is 4.50. The predicted octanol–water partition coefficient (Wildman–Crippen LogP) is 4.43. The van der Waals surface area contributed by atoms with Crippen molar-refractivity contribution in [2.75, 3.05) is 5.32 Å². The summed E-state index contributed by atoms with van der Waals surface area (Å²) in [6.45, 7) is 5.49. The van der Waals surface area contributed by atoms with Gasteiger partial charge in [0.25, 0.3) is 5.91 Å². The number of amides is 1. The van der Waals surface area contributed by atoms with Crippen LogP contribution in [0.25, 0.3) is 0 Å². The first kappa shape index (κ1) is 17.7. The molecule has 0 bridgehead atoms.